The number of anilines is 1. The molecule has 2 N–H and O–H groups in total. The van der Waals surface area contributed by atoms with E-state index in [1.54, 1.807) is 30.7 Å². The summed E-state index contributed by atoms with van der Waals surface area (Å²) in [5.41, 5.74) is 0.381. The second kappa shape index (κ2) is 10.7. The third-order valence-electron chi connectivity index (χ3n) is 4.32. The molecule has 3 rings (SSSR count). The topological polar surface area (TPSA) is 88.9 Å². The van der Waals surface area contributed by atoms with Gasteiger partial charge < -0.3 is 15.2 Å². The van der Waals surface area contributed by atoms with E-state index < -0.39 is 11.9 Å². The lowest BCUT2D eigenvalue weighted by Gasteiger charge is -2.14. The van der Waals surface area contributed by atoms with Crippen LogP contribution in [-0.2, 0) is 11.8 Å². The maximum atomic E-state index is 13.9. The lowest BCUT2D eigenvalue weighted by atomic mass is 10.2. The third kappa shape index (κ3) is 6.00. The Morgan fingerprint density at radius 2 is 1.97 bits per heavy atom. The zero-order valence-electron chi connectivity index (χ0n) is 16.8. The highest BCUT2D eigenvalue weighted by Crippen LogP contribution is 2.24. The van der Waals surface area contributed by atoms with Gasteiger partial charge in [-0.05, 0) is 43.3 Å². The number of hydrogen-bond donors (Lipinski definition) is 2. The fourth-order valence-corrected chi connectivity index (χ4v) is 4.29. The molecule has 32 heavy (non-hydrogen) atoms. The molecule has 0 bridgehead atoms. The summed E-state index contributed by atoms with van der Waals surface area (Å²) in [6.45, 7) is 1.75. The number of amides is 2. The molecule has 0 saturated heterocycles. The number of aromatic nitrogens is 3. The highest BCUT2D eigenvalue weighted by molar-refractivity contribution is 9.10. The lowest BCUT2D eigenvalue weighted by Crippen LogP contribution is -2.28. The molecular formula is C20H17BrCl2FN5O2S. The smallest absolute Gasteiger partial charge is 0.253 e. The maximum absolute atomic E-state index is 13.9. The number of carbonyl (C=O) groups is 2. The quantitative estimate of drug-likeness (QED) is 0.385. The Balaban J connectivity index is 1.60. The zero-order valence-corrected chi connectivity index (χ0v) is 20.7. The van der Waals surface area contributed by atoms with E-state index in [4.69, 9.17) is 23.2 Å². The van der Waals surface area contributed by atoms with Gasteiger partial charge in [0.25, 0.3) is 5.91 Å². The standard InChI is InChI=1S/C20H17BrCl2FN5O2S/c1-10(25-19(31)13-5-4-12(22)8-14(13)23)18-27-28-20(29(18)2)32-9-17(30)26-16-6-3-11(21)7-15(16)24/h3-8,10H,9H2,1-2H3,(H,25,31)(H,26,30)/t10-/m0/s1. The Labute approximate surface area is 206 Å². The highest BCUT2D eigenvalue weighted by Gasteiger charge is 2.20. The van der Waals surface area contributed by atoms with Crippen LogP contribution in [0.25, 0.3) is 0 Å². The van der Waals surface area contributed by atoms with Gasteiger partial charge in [-0.25, -0.2) is 4.39 Å². The number of nitrogens with one attached hydrogen (secondary N) is 2. The van der Waals surface area contributed by atoms with Crippen molar-refractivity contribution in [3.05, 3.63) is 68.1 Å². The van der Waals surface area contributed by atoms with Crippen molar-refractivity contribution in [2.75, 3.05) is 11.1 Å². The van der Waals surface area contributed by atoms with Gasteiger partial charge >= 0.3 is 0 Å². The van der Waals surface area contributed by atoms with Crippen molar-refractivity contribution in [1.82, 2.24) is 20.1 Å². The van der Waals surface area contributed by atoms with E-state index in [0.29, 0.717) is 20.5 Å². The van der Waals surface area contributed by atoms with Gasteiger partial charge in [0.15, 0.2) is 11.0 Å². The molecule has 12 heteroatoms. The number of halogens is 4. The molecule has 3 aromatic rings. The Morgan fingerprint density at radius 1 is 1.22 bits per heavy atom. The van der Waals surface area contributed by atoms with E-state index in [0.717, 1.165) is 11.8 Å². The van der Waals surface area contributed by atoms with Crippen molar-refractivity contribution in [2.24, 2.45) is 7.05 Å². The van der Waals surface area contributed by atoms with E-state index >= 15 is 0 Å². The van der Waals surface area contributed by atoms with Crippen molar-refractivity contribution in [3.63, 3.8) is 0 Å². The Bertz CT molecular complexity index is 1180. The predicted octanol–water partition coefficient (Wildman–Crippen LogP) is 5.25. The maximum Gasteiger partial charge on any atom is 0.253 e. The first-order chi connectivity index (χ1) is 15.2. The van der Waals surface area contributed by atoms with Crippen molar-refractivity contribution in [1.29, 1.82) is 0 Å². The minimum atomic E-state index is -0.538. The molecule has 0 unspecified atom stereocenters. The molecule has 168 valence electrons. The van der Waals surface area contributed by atoms with Gasteiger partial charge in [-0.3, -0.25) is 9.59 Å². The summed E-state index contributed by atoms with van der Waals surface area (Å²) in [6.07, 6.45) is 0. The number of thioether (sulfide) groups is 1. The summed E-state index contributed by atoms with van der Waals surface area (Å²) in [5, 5.41) is 14.7. The van der Waals surface area contributed by atoms with Crippen molar-refractivity contribution in [3.8, 4) is 0 Å². The summed E-state index contributed by atoms with van der Waals surface area (Å²) in [7, 11) is 1.72. The van der Waals surface area contributed by atoms with Crippen molar-refractivity contribution < 1.29 is 14.0 Å². The molecule has 1 atom stereocenters. The molecule has 0 aliphatic rings. The molecule has 0 aliphatic carbocycles. The van der Waals surface area contributed by atoms with Gasteiger partial charge in [0, 0.05) is 16.5 Å². The lowest BCUT2D eigenvalue weighted by molar-refractivity contribution is -0.113. The van der Waals surface area contributed by atoms with E-state index in [1.165, 1.54) is 24.3 Å². The van der Waals surface area contributed by atoms with Crippen LogP contribution in [0.5, 0.6) is 0 Å². The van der Waals surface area contributed by atoms with Gasteiger partial charge in [0.1, 0.15) is 5.82 Å². The largest absolute Gasteiger partial charge is 0.342 e. The Morgan fingerprint density at radius 3 is 2.66 bits per heavy atom. The fourth-order valence-electron chi connectivity index (χ4n) is 2.75. The van der Waals surface area contributed by atoms with Crippen molar-refractivity contribution in [2.45, 2.75) is 18.1 Å². The first-order valence-electron chi connectivity index (χ1n) is 9.18. The summed E-state index contributed by atoms with van der Waals surface area (Å²) in [5.74, 6) is -0.816. The Kier molecular flexibility index (Phi) is 8.16. The average Bonchev–Trinajstić information content (AvgIpc) is 3.09. The molecule has 2 aromatic carbocycles. The van der Waals surface area contributed by atoms with Crippen LogP contribution in [0.3, 0.4) is 0 Å². The van der Waals surface area contributed by atoms with Gasteiger partial charge in [-0.2, -0.15) is 0 Å². The van der Waals surface area contributed by atoms with E-state index in [1.807, 2.05) is 0 Å². The SMILES string of the molecule is C[C@H](NC(=O)c1ccc(Cl)cc1Cl)c1nnc(SCC(=O)Nc2ccc(Br)cc2F)n1C. The van der Waals surface area contributed by atoms with Crippen LogP contribution in [-0.4, -0.2) is 32.3 Å². The third-order valence-corrected chi connectivity index (χ3v) is 6.38. The van der Waals surface area contributed by atoms with Crippen LogP contribution in [0.2, 0.25) is 10.0 Å². The van der Waals surface area contributed by atoms with Gasteiger partial charge in [0.05, 0.1) is 28.1 Å². The van der Waals surface area contributed by atoms with Crippen LogP contribution < -0.4 is 10.6 Å². The second-order valence-corrected chi connectivity index (χ2v) is 9.38. The van der Waals surface area contributed by atoms with Crippen LogP contribution in [0.1, 0.15) is 29.1 Å². The average molecular weight is 561 g/mol. The molecule has 1 heterocycles. The minimum Gasteiger partial charge on any atom is -0.342 e. The summed E-state index contributed by atoms with van der Waals surface area (Å²) in [6, 6.07) is 8.50. The first kappa shape index (κ1) is 24.5. The summed E-state index contributed by atoms with van der Waals surface area (Å²) >= 11 is 16.3. The molecule has 0 saturated carbocycles. The second-order valence-electron chi connectivity index (χ2n) is 6.68. The number of hydrogen-bond acceptors (Lipinski definition) is 5. The molecule has 0 radical (unpaired) electrons. The van der Waals surface area contributed by atoms with Crippen LogP contribution in [0, 0.1) is 5.82 Å². The molecule has 2 amide bonds. The summed E-state index contributed by atoms with van der Waals surface area (Å²) < 4.78 is 16.1. The van der Waals surface area contributed by atoms with E-state index in [2.05, 4.69) is 36.8 Å². The molecule has 7 nitrogen and oxygen atoms in total. The molecule has 1 aromatic heterocycles. The number of carbonyl (C=O) groups excluding carboxylic acids is 2. The number of rotatable bonds is 7. The highest BCUT2D eigenvalue weighted by atomic mass is 79.9. The summed E-state index contributed by atoms with van der Waals surface area (Å²) in [4.78, 5) is 24.7. The predicted molar refractivity (Wildman–Crippen MR) is 127 cm³/mol. The Hall–Kier alpha value is -2.14. The molecule has 0 aliphatic heterocycles. The zero-order chi connectivity index (χ0) is 23.4. The van der Waals surface area contributed by atoms with Gasteiger partial charge in [0.2, 0.25) is 5.91 Å². The normalized spacial score (nSPS) is 11.8. The monoisotopic (exact) mass is 559 g/mol. The van der Waals surface area contributed by atoms with Gasteiger partial charge in [-0.15, -0.1) is 10.2 Å². The van der Waals surface area contributed by atoms with Crippen LogP contribution >= 0.6 is 50.9 Å². The van der Waals surface area contributed by atoms with E-state index in [9.17, 15) is 14.0 Å². The molecule has 0 fully saturated rings. The van der Waals surface area contributed by atoms with Crippen LogP contribution in [0.15, 0.2) is 46.0 Å². The first-order valence-corrected chi connectivity index (χ1v) is 11.7. The number of nitrogens with zero attached hydrogens (tertiary/aromatic N) is 3. The van der Waals surface area contributed by atoms with Crippen LogP contribution in [0.4, 0.5) is 10.1 Å². The number of benzene rings is 2. The molecule has 0 spiro atoms. The fraction of sp³-hybridized carbons (Fsp3) is 0.200. The van der Waals surface area contributed by atoms with Gasteiger partial charge in [-0.1, -0.05) is 50.9 Å². The van der Waals surface area contributed by atoms with E-state index in [-0.39, 0.29) is 33.8 Å². The van der Waals surface area contributed by atoms with Crippen molar-refractivity contribution >= 4 is 68.4 Å². The minimum absolute atomic E-state index is 0.00258. The molecular weight excluding hydrogens is 544 g/mol.